The minimum Gasteiger partial charge on any atom is -0.466 e. The van der Waals surface area contributed by atoms with Gasteiger partial charge in [-0.15, -0.1) is 0 Å². The lowest BCUT2D eigenvalue weighted by molar-refractivity contribution is -0.157. The van der Waals surface area contributed by atoms with Gasteiger partial charge in [0.05, 0.1) is 24.2 Å². The Morgan fingerprint density at radius 1 is 1.35 bits per heavy atom. The number of carbonyl (C=O) groups excluding carboxylic acids is 2. The molecule has 0 fully saturated rings. The first kappa shape index (κ1) is 13.0. The van der Waals surface area contributed by atoms with Gasteiger partial charge >= 0.3 is 11.9 Å². The van der Waals surface area contributed by atoms with E-state index in [1.807, 2.05) is 0 Å². The molecule has 0 atom stereocenters. The number of nitrogens with zero attached hydrogens (tertiary/aromatic N) is 2. The van der Waals surface area contributed by atoms with Crippen LogP contribution in [0, 0.1) is 13.8 Å². The molecule has 0 spiro atoms. The van der Waals surface area contributed by atoms with Crippen LogP contribution in [0.3, 0.4) is 0 Å². The minimum absolute atomic E-state index is 0.0825. The maximum atomic E-state index is 11.4. The monoisotopic (exact) mass is 241 g/mol. The van der Waals surface area contributed by atoms with Gasteiger partial charge in [-0.3, -0.25) is 9.48 Å². The first-order valence-electron chi connectivity index (χ1n) is 4.97. The predicted octanol–water partition coefficient (Wildman–Crippen LogP) is -0.202. The van der Waals surface area contributed by atoms with Crippen LogP contribution in [0.1, 0.15) is 11.4 Å². The van der Waals surface area contributed by atoms with Crippen LogP contribution in [-0.2, 0) is 25.6 Å². The molecule has 1 heterocycles. The quantitative estimate of drug-likeness (QED) is 0.733. The molecule has 7 heteroatoms. The highest BCUT2D eigenvalue weighted by molar-refractivity contribution is 5.76. The Bertz CT molecular complexity index is 439. The molecule has 0 saturated carbocycles. The molecule has 0 aromatic carbocycles. The highest BCUT2D eigenvalue weighted by atomic mass is 16.6. The molecule has 7 nitrogen and oxygen atoms in total. The number of aryl methyl sites for hydroxylation is 1. The van der Waals surface area contributed by atoms with Gasteiger partial charge in [0.2, 0.25) is 0 Å². The van der Waals surface area contributed by atoms with Gasteiger partial charge < -0.3 is 15.2 Å². The Hall–Kier alpha value is -2.05. The number of aromatic nitrogens is 2. The maximum absolute atomic E-state index is 11.4. The molecule has 17 heavy (non-hydrogen) atoms. The minimum atomic E-state index is -0.605. The van der Waals surface area contributed by atoms with Crippen molar-refractivity contribution in [1.29, 1.82) is 0 Å². The number of esters is 2. The van der Waals surface area contributed by atoms with E-state index in [1.165, 1.54) is 11.8 Å². The molecular formula is C10H15N3O4. The average molecular weight is 241 g/mol. The van der Waals surface area contributed by atoms with Crippen molar-refractivity contribution in [1.82, 2.24) is 9.78 Å². The first-order valence-corrected chi connectivity index (χ1v) is 4.97. The van der Waals surface area contributed by atoms with Crippen molar-refractivity contribution in [3.8, 4) is 0 Å². The highest BCUT2D eigenvalue weighted by Gasteiger charge is 2.13. The summed E-state index contributed by atoms with van der Waals surface area (Å²) in [5.41, 5.74) is 7.61. The van der Waals surface area contributed by atoms with Crippen LogP contribution in [0.25, 0.3) is 0 Å². The molecule has 94 valence electrons. The van der Waals surface area contributed by atoms with Gasteiger partial charge in [0.1, 0.15) is 6.54 Å². The van der Waals surface area contributed by atoms with Crippen LogP contribution < -0.4 is 5.73 Å². The third-order valence-corrected chi connectivity index (χ3v) is 2.30. The maximum Gasteiger partial charge on any atom is 0.344 e. The second kappa shape index (κ2) is 5.33. The molecule has 0 saturated heterocycles. The van der Waals surface area contributed by atoms with Crippen LogP contribution in [0.4, 0.5) is 5.69 Å². The van der Waals surface area contributed by atoms with Crippen molar-refractivity contribution in [3.63, 3.8) is 0 Å². The lowest BCUT2D eigenvalue weighted by atomic mass is 10.3. The summed E-state index contributed by atoms with van der Waals surface area (Å²) in [7, 11) is 1.22. The normalized spacial score (nSPS) is 10.1. The molecule has 0 aliphatic carbocycles. The molecule has 2 N–H and O–H groups in total. The smallest absolute Gasteiger partial charge is 0.344 e. The van der Waals surface area contributed by atoms with E-state index < -0.39 is 18.5 Å². The second-order valence-corrected chi connectivity index (χ2v) is 3.48. The van der Waals surface area contributed by atoms with Gasteiger partial charge in [0.15, 0.2) is 6.61 Å². The standard InChI is InChI=1S/C10H15N3O4/c1-6-10(11)7(2)13(12-6)4-8(14)17-5-9(15)16-3/h4-5,11H2,1-3H3. The number of ether oxygens (including phenoxy) is 2. The molecule has 1 aromatic rings. The summed E-state index contributed by atoms with van der Waals surface area (Å²) >= 11 is 0. The molecule has 1 aromatic heterocycles. The topological polar surface area (TPSA) is 96.4 Å². The van der Waals surface area contributed by atoms with Crippen LogP contribution in [-0.4, -0.2) is 35.4 Å². The van der Waals surface area contributed by atoms with E-state index in [2.05, 4.69) is 14.6 Å². The lowest BCUT2D eigenvalue weighted by Crippen LogP contribution is -2.20. The van der Waals surface area contributed by atoms with E-state index in [0.29, 0.717) is 17.1 Å². The molecular weight excluding hydrogens is 226 g/mol. The molecule has 0 aliphatic heterocycles. The van der Waals surface area contributed by atoms with Crippen LogP contribution in [0.15, 0.2) is 0 Å². The molecule has 0 radical (unpaired) electrons. The van der Waals surface area contributed by atoms with E-state index >= 15 is 0 Å². The Kier molecular flexibility index (Phi) is 4.08. The SMILES string of the molecule is COC(=O)COC(=O)Cn1nc(C)c(N)c1C. The van der Waals surface area contributed by atoms with E-state index in [4.69, 9.17) is 5.73 Å². The Balaban J connectivity index is 2.56. The number of nitrogens with two attached hydrogens (primary N) is 1. The van der Waals surface area contributed by atoms with Crippen LogP contribution >= 0.6 is 0 Å². The zero-order valence-electron chi connectivity index (χ0n) is 10.0. The largest absolute Gasteiger partial charge is 0.466 e. The second-order valence-electron chi connectivity index (χ2n) is 3.48. The van der Waals surface area contributed by atoms with Crippen molar-refractivity contribution < 1.29 is 19.1 Å². The summed E-state index contributed by atoms with van der Waals surface area (Å²) in [6, 6.07) is 0. The summed E-state index contributed by atoms with van der Waals surface area (Å²) in [6.07, 6.45) is 0. The van der Waals surface area contributed by atoms with Crippen molar-refractivity contribution in [3.05, 3.63) is 11.4 Å². The zero-order chi connectivity index (χ0) is 13.0. The van der Waals surface area contributed by atoms with E-state index in [1.54, 1.807) is 13.8 Å². The first-order chi connectivity index (χ1) is 7.95. The third-order valence-electron chi connectivity index (χ3n) is 2.30. The Morgan fingerprint density at radius 3 is 2.47 bits per heavy atom. The molecule has 0 unspecified atom stereocenters. The molecule has 1 rings (SSSR count). The van der Waals surface area contributed by atoms with Crippen molar-refractivity contribution in [2.24, 2.45) is 0 Å². The van der Waals surface area contributed by atoms with Gasteiger partial charge in [-0.1, -0.05) is 0 Å². The molecule has 0 aliphatic rings. The van der Waals surface area contributed by atoms with Crippen LogP contribution in [0.5, 0.6) is 0 Å². The van der Waals surface area contributed by atoms with Crippen molar-refractivity contribution in [2.75, 3.05) is 19.5 Å². The van der Waals surface area contributed by atoms with Crippen molar-refractivity contribution >= 4 is 17.6 Å². The summed E-state index contributed by atoms with van der Waals surface area (Å²) < 4.78 is 10.5. The van der Waals surface area contributed by atoms with Gasteiger partial charge in [0, 0.05) is 0 Å². The highest BCUT2D eigenvalue weighted by Crippen LogP contribution is 2.14. The fourth-order valence-corrected chi connectivity index (χ4v) is 1.23. The lowest BCUT2D eigenvalue weighted by Gasteiger charge is -2.05. The number of methoxy groups -OCH3 is 1. The number of rotatable bonds is 4. The third kappa shape index (κ3) is 3.20. The van der Waals surface area contributed by atoms with E-state index in [-0.39, 0.29) is 6.54 Å². The number of hydrogen-bond donors (Lipinski definition) is 1. The fraction of sp³-hybridized carbons (Fsp3) is 0.500. The number of carbonyl (C=O) groups is 2. The molecule has 0 bridgehead atoms. The van der Waals surface area contributed by atoms with Crippen LogP contribution in [0.2, 0.25) is 0 Å². The number of nitrogen functional groups attached to an aromatic ring is 1. The number of anilines is 1. The predicted molar refractivity (Wildman–Crippen MR) is 59.1 cm³/mol. The summed E-state index contributed by atoms with van der Waals surface area (Å²) in [6.45, 7) is 3.02. The van der Waals surface area contributed by atoms with Gasteiger partial charge in [-0.25, -0.2) is 4.79 Å². The molecule has 0 amide bonds. The Morgan fingerprint density at radius 2 is 2.00 bits per heavy atom. The van der Waals surface area contributed by atoms with Gasteiger partial charge in [-0.05, 0) is 13.8 Å². The summed E-state index contributed by atoms with van der Waals surface area (Å²) in [5, 5.41) is 4.07. The summed E-state index contributed by atoms with van der Waals surface area (Å²) in [5.74, 6) is -1.17. The fourth-order valence-electron chi connectivity index (χ4n) is 1.23. The van der Waals surface area contributed by atoms with E-state index in [9.17, 15) is 9.59 Å². The van der Waals surface area contributed by atoms with E-state index in [0.717, 1.165) is 0 Å². The number of hydrogen-bond acceptors (Lipinski definition) is 6. The van der Waals surface area contributed by atoms with Gasteiger partial charge in [0.25, 0.3) is 0 Å². The Labute approximate surface area is 98.5 Å². The van der Waals surface area contributed by atoms with Crippen molar-refractivity contribution in [2.45, 2.75) is 20.4 Å². The average Bonchev–Trinajstić information content (AvgIpc) is 2.54. The van der Waals surface area contributed by atoms with Gasteiger partial charge in [-0.2, -0.15) is 5.10 Å². The summed E-state index contributed by atoms with van der Waals surface area (Å²) in [4.78, 5) is 22.1. The zero-order valence-corrected chi connectivity index (χ0v) is 10.0.